The van der Waals surface area contributed by atoms with Crippen LogP contribution in [0.4, 0.5) is 4.79 Å². The summed E-state index contributed by atoms with van der Waals surface area (Å²) in [5, 5.41) is 2.69. The van der Waals surface area contributed by atoms with E-state index in [2.05, 4.69) is 10.3 Å². The quantitative estimate of drug-likeness (QED) is 0.321. The molecule has 3 N–H and O–H groups in total. The summed E-state index contributed by atoms with van der Waals surface area (Å²) < 4.78 is 5.12. The molecule has 0 saturated heterocycles. The lowest BCUT2D eigenvalue weighted by atomic mass is 10.2. The number of hydrogen-bond donors (Lipinski definition) is 2. The minimum Gasteiger partial charge on any atom is -0.444 e. The minimum absolute atomic E-state index is 0. The zero-order valence-corrected chi connectivity index (χ0v) is 15.1. The first kappa shape index (κ1) is 19.3. The van der Waals surface area contributed by atoms with E-state index in [1.54, 1.807) is 0 Å². The lowest BCUT2D eigenvalue weighted by Gasteiger charge is -2.19. The van der Waals surface area contributed by atoms with Crippen molar-refractivity contribution < 1.29 is 9.53 Å². The summed E-state index contributed by atoms with van der Waals surface area (Å²) in [4.78, 5) is 17.7. The molecule has 1 rings (SSSR count). The van der Waals surface area contributed by atoms with Crippen LogP contribution in [-0.2, 0) is 4.74 Å². The number of nitrogens with zero attached hydrogens (tertiary/aromatic N) is 2. The molecule has 0 aromatic heterocycles. The Kier molecular flexibility index (Phi) is 8.22. The third-order valence-electron chi connectivity index (χ3n) is 2.73. The maximum Gasteiger partial charge on any atom is 0.407 e. The highest BCUT2D eigenvalue weighted by atomic mass is 127. The number of ether oxygens (including phenoxy) is 1. The number of carbonyl (C=O) groups excluding carboxylic acids is 1. The molecule has 7 heteroatoms. The molecule has 0 aromatic carbocycles. The Morgan fingerprint density at radius 2 is 2.05 bits per heavy atom. The Morgan fingerprint density at radius 1 is 1.45 bits per heavy atom. The number of alkyl carbamates (subject to hydrolysis) is 1. The lowest BCUT2D eigenvalue weighted by Crippen LogP contribution is -2.36. The molecule has 1 aliphatic carbocycles. The molecule has 1 aliphatic rings. The number of amides is 1. The summed E-state index contributed by atoms with van der Waals surface area (Å²) in [5.74, 6) is 0.583. The van der Waals surface area contributed by atoms with Crippen molar-refractivity contribution in [2.75, 3.05) is 20.1 Å². The number of carbonyl (C=O) groups is 1. The Bertz CT molecular complexity index is 338. The van der Waals surface area contributed by atoms with Crippen molar-refractivity contribution in [2.24, 2.45) is 10.7 Å². The predicted molar refractivity (Wildman–Crippen MR) is 91.5 cm³/mol. The van der Waals surface area contributed by atoms with Gasteiger partial charge in [0.2, 0.25) is 0 Å². The van der Waals surface area contributed by atoms with Crippen molar-refractivity contribution in [3.05, 3.63) is 0 Å². The van der Waals surface area contributed by atoms with E-state index in [1.165, 1.54) is 12.8 Å². The maximum atomic E-state index is 11.4. The SMILES string of the molecule is CN(C(N)=NCCCNC(=O)OC(C)(C)C)C1CC1.I. The highest BCUT2D eigenvalue weighted by Gasteiger charge is 2.27. The van der Waals surface area contributed by atoms with Gasteiger partial charge < -0.3 is 20.7 Å². The number of halogens is 1. The van der Waals surface area contributed by atoms with Crippen molar-refractivity contribution in [3.63, 3.8) is 0 Å². The van der Waals surface area contributed by atoms with Crippen LogP contribution < -0.4 is 11.1 Å². The van der Waals surface area contributed by atoms with E-state index >= 15 is 0 Å². The highest BCUT2D eigenvalue weighted by molar-refractivity contribution is 14.0. The molecule has 20 heavy (non-hydrogen) atoms. The minimum atomic E-state index is -0.459. The molecule has 0 bridgehead atoms. The van der Waals surface area contributed by atoms with E-state index in [9.17, 15) is 4.79 Å². The molecule has 0 aromatic rings. The summed E-state index contributed by atoms with van der Waals surface area (Å²) in [6, 6.07) is 0.573. The number of guanidine groups is 1. The van der Waals surface area contributed by atoms with Crippen LogP contribution in [0.15, 0.2) is 4.99 Å². The smallest absolute Gasteiger partial charge is 0.407 e. The fourth-order valence-electron chi connectivity index (χ4n) is 1.54. The van der Waals surface area contributed by atoms with Crippen molar-refractivity contribution in [2.45, 2.75) is 51.7 Å². The first-order chi connectivity index (χ1) is 8.79. The molecule has 0 spiro atoms. The van der Waals surface area contributed by atoms with Gasteiger partial charge in [-0.1, -0.05) is 0 Å². The maximum absolute atomic E-state index is 11.4. The third kappa shape index (κ3) is 8.44. The number of nitrogens with two attached hydrogens (primary N) is 1. The van der Waals surface area contributed by atoms with Crippen LogP contribution in [0.3, 0.4) is 0 Å². The van der Waals surface area contributed by atoms with Crippen molar-refractivity contribution in [3.8, 4) is 0 Å². The first-order valence-electron chi connectivity index (χ1n) is 6.79. The topological polar surface area (TPSA) is 80.0 Å². The van der Waals surface area contributed by atoms with Crippen LogP contribution in [-0.4, -0.2) is 48.7 Å². The van der Waals surface area contributed by atoms with Gasteiger partial charge in [0.15, 0.2) is 5.96 Å². The molecule has 1 saturated carbocycles. The van der Waals surface area contributed by atoms with E-state index in [-0.39, 0.29) is 30.1 Å². The molecule has 6 nitrogen and oxygen atoms in total. The van der Waals surface area contributed by atoms with Gasteiger partial charge in [0.25, 0.3) is 0 Å². The van der Waals surface area contributed by atoms with Gasteiger partial charge in [-0.05, 0) is 40.0 Å². The van der Waals surface area contributed by atoms with Crippen LogP contribution in [0, 0.1) is 0 Å². The number of nitrogens with one attached hydrogen (secondary N) is 1. The second-order valence-corrected chi connectivity index (χ2v) is 5.86. The van der Waals surface area contributed by atoms with Gasteiger partial charge in [-0.25, -0.2) is 4.79 Å². The Hall–Kier alpha value is -0.730. The Balaban J connectivity index is 0.00000361. The summed E-state index contributed by atoms with van der Waals surface area (Å²) in [7, 11) is 1.97. The van der Waals surface area contributed by atoms with E-state index < -0.39 is 5.60 Å². The van der Waals surface area contributed by atoms with Crippen LogP contribution in [0.1, 0.15) is 40.0 Å². The van der Waals surface area contributed by atoms with E-state index in [4.69, 9.17) is 10.5 Å². The van der Waals surface area contributed by atoms with Crippen molar-refractivity contribution in [1.82, 2.24) is 10.2 Å². The summed E-state index contributed by atoms with van der Waals surface area (Å²) in [6.45, 7) is 6.67. The van der Waals surface area contributed by atoms with Gasteiger partial charge in [-0.3, -0.25) is 4.99 Å². The lowest BCUT2D eigenvalue weighted by molar-refractivity contribution is 0.0527. The zero-order chi connectivity index (χ0) is 14.5. The molecular formula is C13H27IN4O2. The van der Waals surface area contributed by atoms with Gasteiger partial charge in [0.05, 0.1) is 0 Å². The van der Waals surface area contributed by atoms with E-state index in [0.717, 1.165) is 6.42 Å². The fraction of sp³-hybridized carbons (Fsp3) is 0.846. The van der Waals surface area contributed by atoms with Crippen LogP contribution in [0.25, 0.3) is 0 Å². The molecule has 0 heterocycles. The second kappa shape index (κ2) is 8.53. The molecule has 0 unspecified atom stereocenters. The number of aliphatic imine (C=N–C) groups is 1. The average Bonchev–Trinajstić information content (AvgIpc) is 3.08. The molecular weight excluding hydrogens is 371 g/mol. The summed E-state index contributed by atoms with van der Waals surface area (Å²) in [5.41, 5.74) is 5.39. The molecule has 0 atom stereocenters. The average molecular weight is 398 g/mol. The van der Waals surface area contributed by atoms with E-state index in [1.807, 2.05) is 32.7 Å². The first-order valence-corrected chi connectivity index (χ1v) is 6.79. The number of rotatable bonds is 5. The van der Waals surface area contributed by atoms with Gasteiger partial charge in [0, 0.05) is 26.2 Å². The molecule has 1 amide bonds. The van der Waals surface area contributed by atoms with E-state index in [0.29, 0.717) is 25.1 Å². The van der Waals surface area contributed by atoms with Crippen LogP contribution in [0.5, 0.6) is 0 Å². The fourth-order valence-corrected chi connectivity index (χ4v) is 1.54. The normalized spacial score (nSPS) is 15.3. The van der Waals surface area contributed by atoms with Crippen LogP contribution >= 0.6 is 24.0 Å². The van der Waals surface area contributed by atoms with Gasteiger partial charge in [-0.15, -0.1) is 24.0 Å². The second-order valence-electron chi connectivity index (χ2n) is 5.86. The standard InChI is InChI=1S/C13H26N4O2.HI/c1-13(2,3)19-12(18)16-9-5-8-15-11(14)17(4)10-6-7-10;/h10H,5-9H2,1-4H3,(H2,14,15)(H,16,18);1H. The predicted octanol–water partition coefficient (Wildman–Crippen LogP) is 1.93. The largest absolute Gasteiger partial charge is 0.444 e. The molecule has 0 radical (unpaired) electrons. The molecule has 1 fully saturated rings. The molecule has 118 valence electrons. The summed E-state index contributed by atoms with van der Waals surface area (Å²) >= 11 is 0. The number of hydrogen-bond acceptors (Lipinski definition) is 3. The van der Waals surface area contributed by atoms with Crippen molar-refractivity contribution in [1.29, 1.82) is 0 Å². The van der Waals surface area contributed by atoms with Gasteiger partial charge in [-0.2, -0.15) is 0 Å². The third-order valence-corrected chi connectivity index (χ3v) is 2.73. The van der Waals surface area contributed by atoms with Gasteiger partial charge in [0.1, 0.15) is 5.60 Å². The Morgan fingerprint density at radius 3 is 2.55 bits per heavy atom. The summed E-state index contributed by atoms with van der Waals surface area (Å²) in [6.07, 6.45) is 2.76. The Labute approximate surface area is 138 Å². The van der Waals surface area contributed by atoms with Crippen LogP contribution in [0.2, 0.25) is 0 Å². The van der Waals surface area contributed by atoms with Gasteiger partial charge >= 0.3 is 6.09 Å². The zero-order valence-electron chi connectivity index (χ0n) is 12.8. The highest BCUT2D eigenvalue weighted by Crippen LogP contribution is 2.24. The molecule has 0 aliphatic heterocycles. The monoisotopic (exact) mass is 398 g/mol. The van der Waals surface area contributed by atoms with Crippen molar-refractivity contribution >= 4 is 36.0 Å².